The van der Waals surface area contributed by atoms with Crippen molar-refractivity contribution in [2.45, 2.75) is 48.5 Å². The van der Waals surface area contributed by atoms with Gasteiger partial charge in [-0.1, -0.05) is 65.7 Å². The molecular weight excluding hydrogens is 583 g/mol. The van der Waals surface area contributed by atoms with E-state index in [1.54, 1.807) is 59.5 Å². The van der Waals surface area contributed by atoms with Crippen LogP contribution in [-0.4, -0.2) is 73.5 Å². The summed E-state index contributed by atoms with van der Waals surface area (Å²) in [5.41, 5.74) is 0.270. The Labute approximate surface area is 251 Å². The number of aliphatic hydroxyl groups excluding tert-OH is 1. The van der Waals surface area contributed by atoms with Gasteiger partial charge in [-0.25, -0.2) is 8.42 Å². The number of ether oxygens (including phenoxy) is 1. The summed E-state index contributed by atoms with van der Waals surface area (Å²) in [4.78, 5) is 17.5. The third-order valence-corrected chi connectivity index (χ3v) is 10.4. The van der Waals surface area contributed by atoms with E-state index in [2.05, 4.69) is 0 Å². The van der Waals surface area contributed by atoms with Crippen molar-refractivity contribution in [1.29, 1.82) is 0 Å². The summed E-state index contributed by atoms with van der Waals surface area (Å²) in [6.07, 6.45) is 0.981. The lowest BCUT2D eigenvalue weighted by Crippen LogP contribution is -2.56. The van der Waals surface area contributed by atoms with E-state index in [1.165, 1.54) is 0 Å². The maximum Gasteiger partial charge on any atom is 0.253 e. The number of halogens is 2. The number of aliphatic hydroxyl groups is 1. The number of hydrogen-bond donors (Lipinski definition) is 1. The van der Waals surface area contributed by atoms with Crippen LogP contribution >= 0.6 is 23.2 Å². The monoisotopic (exact) mass is 616 g/mol. The summed E-state index contributed by atoms with van der Waals surface area (Å²) < 4.78 is 34.2. The van der Waals surface area contributed by atoms with Crippen LogP contribution in [-0.2, 0) is 20.2 Å². The maximum absolute atomic E-state index is 13.6. The van der Waals surface area contributed by atoms with Crippen molar-refractivity contribution < 1.29 is 23.1 Å². The van der Waals surface area contributed by atoms with Gasteiger partial charge in [0.25, 0.3) is 5.91 Å². The van der Waals surface area contributed by atoms with Gasteiger partial charge in [-0.2, -0.15) is 0 Å². The molecule has 0 radical (unpaired) electrons. The number of rotatable bonds is 8. The Morgan fingerprint density at radius 1 is 0.951 bits per heavy atom. The first kappa shape index (κ1) is 30.0. The van der Waals surface area contributed by atoms with Crippen molar-refractivity contribution in [2.24, 2.45) is 0 Å². The van der Waals surface area contributed by atoms with E-state index in [-0.39, 0.29) is 23.1 Å². The van der Waals surface area contributed by atoms with E-state index in [0.717, 1.165) is 5.56 Å². The molecule has 2 heterocycles. The number of sulfone groups is 1. The van der Waals surface area contributed by atoms with Gasteiger partial charge >= 0.3 is 0 Å². The first-order valence-electron chi connectivity index (χ1n) is 13.8. The molecule has 1 amide bonds. The summed E-state index contributed by atoms with van der Waals surface area (Å²) in [6, 6.07) is 22.7. The summed E-state index contributed by atoms with van der Waals surface area (Å²) in [7, 11) is -3.73. The average Bonchev–Trinajstić information content (AvgIpc) is 2.99. The van der Waals surface area contributed by atoms with Crippen LogP contribution in [0.2, 0.25) is 10.0 Å². The van der Waals surface area contributed by atoms with Crippen LogP contribution in [0.5, 0.6) is 0 Å². The van der Waals surface area contributed by atoms with Crippen LogP contribution in [0.15, 0.2) is 83.8 Å². The number of hydrogen-bond acceptors (Lipinski definition) is 6. The molecule has 2 atom stereocenters. The average molecular weight is 618 g/mol. The minimum Gasteiger partial charge on any atom is -0.393 e. The molecule has 2 saturated heterocycles. The standard InChI is InChI=1S/C31H34Cl2N2O5S/c32-27-13-12-24(20-28(27)33)31(16-7-17-35(22-31)30(37)23-8-3-1-4-9-23)40-29(34-18-14-25(36)15-19-34)21-41(38,39)26-10-5-2-6-11-26/h1-6,8-13,20,25,29,36H,7,14-19,21-22H2. The predicted molar refractivity (Wildman–Crippen MR) is 160 cm³/mol. The third-order valence-electron chi connectivity index (χ3n) is 7.94. The van der Waals surface area contributed by atoms with Crippen molar-refractivity contribution >= 4 is 38.9 Å². The molecule has 2 unspecified atom stereocenters. The zero-order valence-electron chi connectivity index (χ0n) is 22.7. The molecule has 7 nitrogen and oxygen atoms in total. The van der Waals surface area contributed by atoms with Crippen LogP contribution in [0, 0.1) is 0 Å². The minimum absolute atomic E-state index is 0.118. The van der Waals surface area contributed by atoms with Gasteiger partial charge in [0.15, 0.2) is 9.84 Å². The summed E-state index contributed by atoms with van der Waals surface area (Å²) in [6.45, 7) is 1.74. The van der Waals surface area contributed by atoms with Crippen LogP contribution < -0.4 is 0 Å². The normalized spacial score (nSPS) is 21.5. The second kappa shape index (κ2) is 12.8. The quantitative estimate of drug-likeness (QED) is 0.365. The fourth-order valence-corrected chi connectivity index (χ4v) is 7.41. The Hall–Kier alpha value is -2.46. The van der Waals surface area contributed by atoms with Crippen molar-refractivity contribution in [1.82, 2.24) is 9.80 Å². The first-order valence-corrected chi connectivity index (χ1v) is 16.3. The predicted octanol–water partition coefficient (Wildman–Crippen LogP) is 5.40. The number of carbonyl (C=O) groups excluding carboxylic acids is 1. The second-order valence-electron chi connectivity index (χ2n) is 10.8. The lowest BCUT2D eigenvalue weighted by Gasteiger charge is -2.47. The Morgan fingerprint density at radius 3 is 2.27 bits per heavy atom. The third kappa shape index (κ3) is 6.96. The smallest absolute Gasteiger partial charge is 0.253 e. The Balaban J connectivity index is 1.53. The molecule has 2 aliphatic rings. The highest BCUT2D eigenvalue weighted by atomic mass is 35.5. The van der Waals surface area contributed by atoms with E-state index >= 15 is 0 Å². The van der Waals surface area contributed by atoms with Crippen LogP contribution in [0.25, 0.3) is 0 Å². The molecule has 1 N–H and O–H groups in total. The van der Waals surface area contributed by atoms with Gasteiger partial charge < -0.3 is 14.7 Å². The van der Waals surface area contributed by atoms with Gasteiger partial charge in [-0.15, -0.1) is 0 Å². The molecule has 0 spiro atoms. The van der Waals surface area contributed by atoms with Crippen LogP contribution in [0.1, 0.15) is 41.6 Å². The van der Waals surface area contributed by atoms with Gasteiger partial charge in [0, 0.05) is 25.2 Å². The molecule has 41 heavy (non-hydrogen) atoms. The molecule has 5 rings (SSSR count). The van der Waals surface area contributed by atoms with Gasteiger partial charge in [0.05, 0.1) is 33.3 Å². The van der Waals surface area contributed by atoms with Gasteiger partial charge in [-0.3, -0.25) is 9.69 Å². The van der Waals surface area contributed by atoms with E-state index < -0.39 is 27.8 Å². The molecule has 10 heteroatoms. The lowest BCUT2D eigenvalue weighted by molar-refractivity contribution is -0.176. The number of amides is 1. The highest BCUT2D eigenvalue weighted by Gasteiger charge is 2.44. The highest BCUT2D eigenvalue weighted by Crippen LogP contribution is 2.40. The Kier molecular flexibility index (Phi) is 9.38. The molecule has 2 aliphatic heterocycles. The molecule has 0 aliphatic carbocycles. The minimum atomic E-state index is -3.73. The number of piperidine rings is 2. The highest BCUT2D eigenvalue weighted by molar-refractivity contribution is 7.91. The zero-order valence-corrected chi connectivity index (χ0v) is 25.0. The van der Waals surface area contributed by atoms with Gasteiger partial charge in [0.2, 0.25) is 0 Å². The molecule has 3 aromatic rings. The summed E-state index contributed by atoms with van der Waals surface area (Å²) in [5, 5.41) is 10.9. The van der Waals surface area contributed by atoms with Gasteiger partial charge in [-0.05, 0) is 67.6 Å². The molecule has 0 saturated carbocycles. The molecule has 3 aromatic carbocycles. The van der Waals surface area contributed by atoms with Crippen molar-refractivity contribution in [3.63, 3.8) is 0 Å². The van der Waals surface area contributed by atoms with E-state index in [9.17, 15) is 18.3 Å². The molecule has 218 valence electrons. The molecule has 2 fully saturated rings. The van der Waals surface area contributed by atoms with Crippen molar-refractivity contribution in [3.05, 3.63) is 100 Å². The zero-order chi connectivity index (χ0) is 29.0. The molecular formula is C31H34Cl2N2O5S. The number of benzene rings is 3. The largest absolute Gasteiger partial charge is 0.393 e. The summed E-state index contributed by atoms with van der Waals surface area (Å²) in [5.74, 6) is -0.393. The second-order valence-corrected chi connectivity index (χ2v) is 13.6. The number of likely N-dealkylation sites (tertiary alicyclic amines) is 2. The Morgan fingerprint density at radius 2 is 1.61 bits per heavy atom. The fraction of sp³-hybridized carbons (Fsp3) is 0.387. The lowest BCUT2D eigenvalue weighted by atomic mass is 9.85. The van der Waals surface area contributed by atoms with Gasteiger partial charge in [0.1, 0.15) is 11.8 Å². The molecule has 0 aromatic heterocycles. The molecule has 0 bridgehead atoms. The fourth-order valence-electron chi connectivity index (χ4n) is 5.70. The maximum atomic E-state index is 13.6. The van der Waals surface area contributed by atoms with E-state index in [1.807, 2.05) is 29.2 Å². The topological polar surface area (TPSA) is 87.2 Å². The first-order chi connectivity index (χ1) is 19.7. The van der Waals surface area contributed by atoms with E-state index in [4.69, 9.17) is 27.9 Å². The van der Waals surface area contributed by atoms with Crippen LogP contribution in [0.3, 0.4) is 0 Å². The summed E-state index contributed by atoms with van der Waals surface area (Å²) >= 11 is 12.7. The van der Waals surface area contributed by atoms with Crippen LogP contribution in [0.4, 0.5) is 0 Å². The number of nitrogens with zero attached hydrogens (tertiary/aromatic N) is 2. The number of carbonyl (C=O) groups is 1. The SMILES string of the molecule is O=C(c1ccccc1)N1CCCC(OC(CS(=O)(=O)c2ccccc2)N2CCC(O)CC2)(c2ccc(Cl)c(Cl)c2)C1. The Bertz CT molecular complexity index is 1450. The van der Waals surface area contributed by atoms with Crippen molar-refractivity contribution in [2.75, 3.05) is 31.9 Å². The van der Waals surface area contributed by atoms with E-state index in [0.29, 0.717) is 60.9 Å². The van der Waals surface area contributed by atoms with Crippen molar-refractivity contribution in [3.8, 4) is 0 Å².